The van der Waals surface area contributed by atoms with Crippen molar-refractivity contribution < 1.29 is 48.2 Å². The van der Waals surface area contributed by atoms with Crippen LogP contribution in [0.2, 0.25) is 0 Å². The van der Waals surface area contributed by atoms with E-state index in [0.717, 1.165) is 51.4 Å². The van der Waals surface area contributed by atoms with E-state index in [2.05, 4.69) is 9.78 Å². The van der Waals surface area contributed by atoms with E-state index in [1.165, 1.54) is 0 Å². The summed E-state index contributed by atoms with van der Waals surface area (Å²) in [6, 6.07) is 0. The highest BCUT2D eigenvalue weighted by atomic mass is 17.3. The summed E-state index contributed by atoms with van der Waals surface area (Å²) in [5, 5.41) is 0. The predicted molar refractivity (Wildman–Crippen MR) is 108 cm³/mol. The zero-order chi connectivity index (χ0) is 23.2. The molecule has 2 aliphatic carbocycles. The molecule has 2 aliphatic rings. The quantitative estimate of drug-likeness (QED) is 0.120. The molecule has 182 valence electrons. The number of rotatable bonds is 10. The van der Waals surface area contributed by atoms with E-state index >= 15 is 0 Å². The van der Waals surface area contributed by atoms with Crippen LogP contribution in [-0.2, 0) is 48.2 Å². The lowest BCUT2D eigenvalue weighted by Crippen LogP contribution is -2.31. The molecule has 0 saturated heterocycles. The van der Waals surface area contributed by atoms with Gasteiger partial charge in [-0.25, -0.2) is 19.2 Å². The minimum Gasteiger partial charge on any atom is -0.454 e. The third-order valence-electron chi connectivity index (χ3n) is 5.49. The SMILES string of the molecule is CCCCCC(OOC(=O)C(=O)OC1CCCCC1)OOC(=O)C(=O)OC1CCCCC1. The van der Waals surface area contributed by atoms with Gasteiger partial charge in [0.15, 0.2) is 0 Å². The second-order valence-corrected chi connectivity index (χ2v) is 8.19. The van der Waals surface area contributed by atoms with E-state index in [9.17, 15) is 19.2 Å². The summed E-state index contributed by atoms with van der Waals surface area (Å²) in [7, 11) is 0. The van der Waals surface area contributed by atoms with Gasteiger partial charge in [0.25, 0.3) is 0 Å². The van der Waals surface area contributed by atoms with E-state index in [1.54, 1.807) is 0 Å². The molecule has 0 unspecified atom stereocenters. The first kappa shape index (κ1) is 26.1. The van der Waals surface area contributed by atoms with E-state index in [4.69, 9.17) is 19.2 Å². The Morgan fingerprint density at radius 1 is 0.656 bits per heavy atom. The fraction of sp³-hybridized carbons (Fsp3) is 0.818. The van der Waals surface area contributed by atoms with Crippen molar-refractivity contribution in [2.45, 2.75) is 115 Å². The molecule has 0 aliphatic heterocycles. The first-order valence-electron chi connectivity index (χ1n) is 11.7. The van der Waals surface area contributed by atoms with Crippen LogP contribution in [-0.4, -0.2) is 42.4 Å². The lowest BCUT2D eigenvalue weighted by atomic mass is 9.98. The molecule has 0 aromatic carbocycles. The summed E-state index contributed by atoms with van der Waals surface area (Å²) in [4.78, 5) is 66.1. The van der Waals surface area contributed by atoms with Crippen molar-refractivity contribution in [1.29, 1.82) is 0 Å². The van der Waals surface area contributed by atoms with Crippen molar-refractivity contribution >= 4 is 23.9 Å². The first-order valence-corrected chi connectivity index (χ1v) is 11.7. The average molecular weight is 459 g/mol. The van der Waals surface area contributed by atoms with Gasteiger partial charge in [-0.1, -0.05) is 32.6 Å². The number of hydrogen-bond donors (Lipinski definition) is 0. The summed E-state index contributed by atoms with van der Waals surface area (Å²) in [6.07, 6.45) is 9.30. The van der Waals surface area contributed by atoms with Gasteiger partial charge >= 0.3 is 23.9 Å². The van der Waals surface area contributed by atoms with E-state index < -0.39 is 30.2 Å². The maximum Gasteiger partial charge on any atom is 0.449 e. The molecule has 10 heteroatoms. The van der Waals surface area contributed by atoms with Gasteiger partial charge in [-0.2, -0.15) is 0 Å². The van der Waals surface area contributed by atoms with Gasteiger partial charge in [-0.15, -0.1) is 9.78 Å². The van der Waals surface area contributed by atoms with Crippen LogP contribution in [0, 0.1) is 0 Å². The van der Waals surface area contributed by atoms with Crippen molar-refractivity contribution in [3.8, 4) is 0 Å². The van der Waals surface area contributed by atoms with Crippen LogP contribution in [0.15, 0.2) is 0 Å². The Bertz CT molecular complexity index is 560. The summed E-state index contributed by atoms with van der Waals surface area (Å²) in [6.45, 7) is 1.99. The Balaban J connectivity index is 1.74. The maximum absolute atomic E-state index is 11.9. The number of hydrogen-bond acceptors (Lipinski definition) is 10. The van der Waals surface area contributed by atoms with E-state index in [-0.39, 0.29) is 18.6 Å². The zero-order valence-electron chi connectivity index (χ0n) is 18.7. The molecule has 0 bridgehead atoms. The van der Waals surface area contributed by atoms with Gasteiger partial charge in [-0.05, 0) is 57.8 Å². The normalized spacial score (nSPS) is 17.6. The minimum atomic E-state index is -1.33. The van der Waals surface area contributed by atoms with Crippen LogP contribution in [0.25, 0.3) is 0 Å². The standard InChI is InChI=1S/C22H34O10/c1-2-3-6-15-18(29-31-21(25)19(23)27-16-11-7-4-8-12-16)30-32-22(26)20(24)28-17-13-9-5-10-14-17/h16-18H,2-15H2,1H3. The lowest BCUT2D eigenvalue weighted by molar-refractivity contribution is -0.429. The maximum atomic E-state index is 11.9. The highest BCUT2D eigenvalue weighted by Gasteiger charge is 2.29. The molecule has 2 rings (SSSR count). The van der Waals surface area contributed by atoms with Crippen molar-refractivity contribution in [3.63, 3.8) is 0 Å². The monoisotopic (exact) mass is 458 g/mol. The smallest absolute Gasteiger partial charge is 0.449 e. The average Bonchev–Trinajstić information content (AvgIpc) is 2.81. The molecular weight excluding hydrogens is 424 g/mol. The third-order valence-corrected chi connectivity index (χ3v) is 5.49. The van der Waals surface area contributed by atoms with Gasteiger partial charge in [0.1, 0.15) is 12.2 Å². The summed E-state index contributed by atoms with van der Waals surface area (Å²) < 4.78 is 10.2. The molecule has 2 fully saturated rings. The Morgan fingerprint density at radius 3 is 1.50 bits per heavy atom. The highest BCUT2D eigenvalue weighted by molar-refractivity contribution is 6.29. The van der Waals surface area contributed by atoms with Crippen LogP contribution in [0.1, 0.15) is 96.8 Å². The van der Waals surface area contributed by atoms with E-state index in [0.29, 0.717) is 32.1 Å². The topological polar surface area (TPSA) is 124 Å². The summed E-state index contributed by atoms with van der Waals surface area (Å²) >= 11 is 0. The second kappa shape index (κ2) is 14.8. The van der Waals surface area contributed by atoms with Gasteiger partial charge in [0.2, 0.25) is 6.29 Å². The van der Waals surface area contributed by atoms with Crippen molar-refractivity contribution in [1.82, 2.24) is 0 Å². The number of unbranched alkanes of at least 4 members (excludes halogenated alkanes) is 2. The summed E-state index contributed by atoms with van der Waals surface area (Å²) in [5.74, 6) is -4.97. The van der Waals surface area contributed by atoms with E-state index in [1.807, 2.05) is 6.92 Å². The molecule has 0 heterocycles. The van der Waals surface area contributed by atoms with Crippen molar-refractivity contribution in [3.05, 3.63) is 0 Å². The molecule has 0 aromatic rings. The van der Waals surface area contributed by atoms with Crippen LogP contribution in [0.5, 0.6) is 0 Å². The van der Waals surface area contributed by atoms with Crippen LogP contribution < -0.4 is 0 Å². The molecule has 32 heavy (non-hydrogen) atoms. The zero-order valence-corrected chi connectivity index (χ0v) is 18.7. The van der Waals surface area contributed by atoms with Crippen LogP contribution in [0.3, 0.4) is 0 Å². The Kier molecular flexibility index (Phi) is 12.0. The Labute approximate surface area is 188 Å². The lowest BCUT2D eigenvalue weighted by Gasteiger charge is -2.21. The predicted octanol–water partition coefficient (Wildman–Crippen LogP) is 3.59. The molecular formula is C22H34O10. The van der Waals surface area contributed by atoms with Gasteiger partial charge in [-0.3, -0.25) is 9.78 Å². The third kappa shape index (κ3) is 9.95. The molecule has 0 amide bonds. The van der Waals surface area contributed by atoms with Gasteiger partial charge < -0.3 is 9.47 Å². The number of carbonyl (C=O) groups excluding carboxylic acids is 4. The number of carbonyl (C=O) groups is 4. The van der Waals surface area contributed by atoms with Gasteiger partial charge in [0, 0.05) is 6.42 Å². The summed E-state index contributed by atoms with van der Waals surface area (Å²) in [5.41, 5.74) is 0. The second-order valence-electron chi connectivity index (χ2n) is 8.19. The van der Waals surface area contributed by atoms with Crippen molar-refractivity contribution in [2.24, 2.45) is 0 Å². The van der Waals surface area contributed by atoms with Crippen molar-refractivity contribution in [2.75, 3.05) is 0 Å². The number of ether oxygens (including phenoxy) is 2. The fourth-order valence-corrected chi connectivity index (χ4v) is 3.70. The first-order chi connectivity index (χ1) is 15.5. The molecule has 0 atom stereocenters. The Hall–Kier alpha value is -2.20. The fourth-order valence-electron chi connectivity index (χ4n) is 3.70. The van der Waals surface area contributed by atoms with Gasteiger partial charge in [0.05, 0.1) is 0 Å². The minimum absolute atomic E-state index is 0.198. The highest BCUT2D eigenvalue weighted by Crippen LogP contribution is 2.21. The molecule has 0 radical (unpaired) electrons. The Morgan fingerprint density at radius 2 is 1.09 bits per heavy atom. The molecule has 0 spiro atoms. The van der Waals surface area contributed by atoms with Crippen LogP contribution in [0.4, 0.5) is 0 Å². The molecule has 0 N–H and O–H groups in total. The van der Waals surface area contributed by atoms with Crippen LogP contribution >= 0.6 is 0 Å². The molecule has 0 aromatic heterocycles. The largest absolute Gasteiger partial charge is 0.454 e. The molecule has 10 nitrogen and oxygen atoms in total. The molecule has 2 saturated carbocycles. The number of esters is 2.